The van der Waals surface area contributed by atoms with Crippen LogP contribution in [0.2, 0.25) is 0 Å². The fourth-order valence-corrected chi connectivity index (χ4v) is 7.76. The summed E-state index contributed by atoms with van der Waals surface area (Å²) in [5.74, 6) is -3.18. The highest BCUT2D eigenvalue weighted by molar-refractivity contribution is 6.38. The Labute approximate surface area is 302 Å². The van der Waals surface area contributed by atoms with Crippen LogP contribution in [0.4, 0.5) is 4.79 Å². The van der Waals surface area contributed by atoms with Crippen molar-refractivity contribution >= 4 is 35.5 Å². The smallest absolute Gasteiger partial charge is 0.329 e. The van der Waals surface area contributed by atoms with Crippen molar-refractivity contribution in [3.8, 4) is 0 Å². The van der Waals surface area contributed by atoms with Crippen LogP contribution >= 0.6 is 0 Å². The van der Waals surface area contributed by atoms with E-state index in [1.54, 1.807) is 0 Å². The summed E-state index contributed by atoms with van der Waals surface area (Å²) in [6, 6.07) is 4.80. The lowest BCUT2D eigenvalue weighted by Crippen LogP contribution is -2.62. The lowest BCUT2D eigenvalue weighted by molar-refractivity contribution is -0.148. The number of unbranched alkanes of at least 4 members (excludes halogenated alkanes) is 1. The zero-order valence-corrected chi connectivity index (χ0v) is 31.1. The van der Waals surface area contributed by atoms with Crippen LogP contribution < -0.4 is 21.3 Å². The van der Waals surface area contributed by atoms with Crippen molar-refractivity contribution in [1.82, 2.24) is 26.2 Å². The van der Waals surface area contributed by atoms with E-state index in [2.05, 4.69) is 41.7 Å². The van der Waals surface area contributed by atoms with E-state index in [1.165, 1.54) is 11.0 Å². The van der Waals surface area contributed by atoms with Crippen LogP contribution in [0.25, 0.3) is 0 Å². The van der Waals surface area contributed by atoms with Gasteiger partial charge in [-0.25, -0.2) is 9.59 Å². The molecule has 1 aliphatic heterocycles. The second-order valence-electron chi connectivity index (χ2n) is 16.0. The number of benzene rings is 1. The van der Waals surface area contributed by atoms with Crippen LogP contribution in [0.5, 0.6) is 0 Å². The quantitative estimate of drug-likeness (QED) is 0.115. The van der Waals surface area contributed by atoms with Crippen LogP contribution in [-0.4, -0.2) is 77.7 Å². The van der Waals surface area contributed by atoms with E-state index >= 15 is 0 Å². The molecule has 0 aromatic heterocycles. The summed E-state index contributed by atoms with van der Waals surface area (Å²) in [5.41, 5.74) is -0.141. The van der Waals surface area contributed by atoms with Gasteiger partial charge in [-0.2, -0.15) is 0 Å². The van der Waals surface area contributed by atoms with Gasteiger partial charge in [-0.15, -0.1) is 6.58 Å². The minimum Gasteiger partial charge on any atom is -0.459 e. The summed E-state index contributed by atoms with van der Waals surface area (Å²) in [6.45, 7) is 15.6. The molecule has 280 valence electrons. The number of piperidine rings is 1. The molecule has 12 nitrogen and oxygen atoms in total. The largest absolute Gasteiger partial charge is 0.459 e. The maximum absolute atomic E-state index is 14.4. The number of ketones is 1. The molecule has 2 aliphatic carbocycles. The number of amides is 5. The van der Waals surface area contributed by atoms with Gasteiger partial charge in [0.05, 0.1) is 6.04 Å². The number of urea groups is 1. The summed E-state index contributed by atoms with van der Waals surface area (Å²) >= 11 is 0. The summed E-state index contributed by atoms with van der Waals surface area (Å²) in [6.07, 6.45) is 6.55. The molecule has 1 aromatic rings. The van der Waals surface area contributed by atoms with Crippen molar-refractivity contribution in [2.75, 3.05) is 13.1 Å². The first-order valence-corrected chi connectivity index (χ1v) is 18.4. The van der Waals surface area contributed by atoms with E-state index < -0.39 is 65.1 Å². The van der Waals surface area contributed by atoms with Gasteiger partial charge in [0.1, 0.15) is 24.7 Å². The second-order valence-corrected chi connectivity index (χ2v) is 16.0. The molecule has 0 bridgehead atoms. The minimum absolute atomic E-state index is 0.0541. The Morgan fingerprint density at radius 1 is 1.02 bits per heavy atom. The van der Waals surface area contributed by atoms with Crippen LogP contribution in [0.3, 0.4) is 0 Å². The Morgan fingerprint density at radius 3 is 2.29 bits per heavy atom. The highest BCUT2D eigenvalue weighted by Gasteiger charge is 2.70. The first-order chi connectivity index (χ1) is 24.1. The molecule has 3 fully saturated rings. The van der Waals surface area contributed by atoms with E-state index in [0.29, 0.717) is 13.0 Å². The van der Waals surface area contributed by atoms with Gasteiger partial charge < -0.3 is 30.9 Å². The summed E-state index contributed by atoms with van der Waals surface area (Å²) < 4.78 is 5.63. The van der Waals surface area contributed by atoms with E-state index in [0.717, 1.165) is 37.7 Å². The molecule has 1 aromatic carbocycles. The number of hydrogen-bond acceptors (Lipinski definition) is 7. The molecule has 3 aliphatic rings. The average Bonchev–Trinajstić information content (AvgIpc) is 3.53. The second kappa shape index (κ2) is 16.9. The molecule has 1 heterocycles. The van der Waals surface area contributed by atoms with Crippen molar-refractivity contribution in [3.05, 3.63) is 48.6 Å². The van der Waals surface area contributed by atoms with E-state index in [-0.39, 0.29) is 42.7 Å². The summed E-state index contributed by atoms with van der Waals surface area (Å²) in [4.78, 5) is 82.7. The number of fused-ring (bicyclic) bond motifs is 1. The molecule has 1 unspecified atom stereocenters. The molecule has 5 amide bonds. The topological polar surface area (TPSA) is 163 Å². The van der Waals surface area contributed by atoms with Crippen LogP contribution in [0, 0.1) is 28.6 Å². The Hall–Kier alpha value is -4.22. The minimum atomic E-state index is -1.04. The maximum Gasteiger partial charge on any atom is 0.329 e. The normalized spacial score (nSPS) is 22.5. The molecule has 4 rings (SSSR count). The molecule has 4 N–H and O–H groups in total. The zero-order valence-electron chi connectivity index (χ0n) is 31.1. The first-order valence-electron chi connectivity index (χ1n) is 18.4. The van der Waals surface area contributed by atoms with Gasteiger partial charge in [0.25, 0.3) is 5.91 Å². The summed E-state index contributed by atoms with van der Waals surface area (Å²) in [5, 5.41) is 11.0. The molecule has 1 saturated heterocycles. The Morgan fingerprint density at radius 2 is 1.69 bits per heavy atom. The van der Waals surface area contributed by atoms with Crippen molar-refractivity contribution in [1.29, 1.82) is 0 Å². The average molecular weight is 708 g/mol. The molecule has 2 saturated carbocycles. The molecular weight excluding hydrogens is 650 g/mol. The van der Waals surface area contributed by atoms with Gasteiger partial charge in [-0.1, -0.05) is 104 Å². The molecule has 51 heavy (non-hydrogen) atoms. The predicted molar refractivity (Wildman–Crippen MR) is 193 cm³/mol. The molecular formula is C39H57N5O7. The third-order valence-corrected chi connectivity index (χ3v) is 10.9. The Balaban J connectivity index is 1.50. The number of carbonyl (C=O) groups is 6. The Kier molecular flexibility index (Phi) is 13.1. The number of nitrogens with one attached hydrogen (secondary N) is 4. The third-order valence-electron chi connectivity index (χ3n) is 10.9. The third kappa shape index (κ3) is 9.56. The standard InChI is InChI=1S/C39H57N5O7/c1-8-10-20-27(31(45)34(47)40-21-9-2)41-33(46)30-28-26(39(28,6)7)22-44(30)35(48)32(38(3,4)5)43-37(50)42-29(25-18-14-15-19-25)36(49)51-23-24-16-12-11-13-17-24/h9,11-13,16-17,25-30,32H,2,8,10,14-15,18-23H2,1,3-7H3,(H,40,47)(H,41,46)(H2,42,43,50)/t26-,27?,28-,29-,30-,32+/m0/s1. The number of ether oxygens (including phenoxy) is 1. The van der Waals surface area contributed by atoms with E-state index in [9.17, 15) is 28.8 Å². The highest BCUT2D eigenvalue weighted by Crippen LogP contribution is 2.65. The van der Waals surface area contributed by atoms with E-state index in [4.69, 9.17) is 4.74 Å². The predicted octanol–water partition coefficient (Wildman–Crippen LogP) is 4.03. The number of Topliss-reactive ketones (excluding diaryl/α,β-unsaturated/α-hetero) is 1. The van der Waals surface area contributed by atoms with Gasteiger partial charge in [0.15, 0.2) is 0 Å². The van der Waals surface area contributed by atoms with Crippen molar-refractivity contribution in [2.45, 2.75) is 117 Å². The zero-order chi connectivity index (χ0) is 37.5. The van der Waals surface area contributed by atoms with Gasteiger partial charge in [0, 0.05) is 13.1 Å². The molecule has 0 radical (unpaired) electrons. The number of likely N-dealkylation sites (tertiary alicyclic amines) is 1. The highest BCUT2D eigenvalue weighted by atomic mass is 16.5. The fourth-order valence-electron chi connectivity index (χ4n) is 7.76. The van der Waals surface area contributed by atoms with Crippen molar-refractivity contribution in [3.63, 3.8) is 0 Å². The lowest BCUT2D eigenvalue weighted by Gasteiger charge is -2.38. The van der Waals surface area contributed by atoms with Gasteiger partial charge in [-0.3, -0.25) is 19.2 Å². The van der Waals surface area contributed by atoms with Crippen LogP contribution in [0.1, 0.15) is 92.1 Å². The maximum atomic E-state index is 14.4. The number of nitrogens with zero attached hydrogens (tertiary/aromatic N) is 1. The lowest BCUT2D eigenvalue weighted by atomic mass is 9.85. The number of rotatable bonds is 16. The number of carbonyl (C=O) groups excluding carboxylic acids is 6. The van der Waals surface area contributed by atoms with Crippen LogP contribution in [-0.2, 0) is 35.3 Å². The van der Waals surface area contributed by atoms with Crippen molar-refractivity contribution < 1.29 is 33.5 Å². The SMILES string of the molecule is C=CCNC(=O)C(=O)C(CCCC)NC(=O)[C@@H]1[C@@H]2[C@H](CN1C(=O)[C@@H](NC(=O)N[C@H](C(=O)OCc1ccccc1)C1CCCC1)C(C)(C)C)C2(C)C. The number of esters is 1. The Bertz CT molecular complexity index is 1450. The fraction of sp³-hybridized carbons (Fsp3) is 0.641. The van der Waals surface area contributed by atoms with Gasteiger partial charge in [0.2, 0.25) is 17.6 Å². The first kappa shape index (κ1) is 39.6. The van der Waals surface area contributed by atoms with Crippen molar-refractivity contribution in [2.24, 2.45) is 28.6 Å². The number of hydrogen-bond donors (Lipinski definition) is 4. The molecule has 0 spiro atoms. The van der Waals surface area contributed by atoms with Gasteiger partial charge >= 0.3 is 12.0 Å². The van der Waals surface area contributed by atoms with Crippen LogP contribution in [0.15, 0.2) is 43.0 Å². The van der Waals surface area contributed by atoms with Gasteiger partial charge in [-0.05, 0) is 53.4 Å². The molecule has 6 atom stereocenters. The van der Waals surface area contributed by atoms with E-state index in [1.807, 2.05) is 58.0 Å². The summed E-state index contributed by atoms with van der Waals surface area (Å²) in [7, 11) is 0. The monoisotopic (exact) mass is 707 g/mol. The molecule has 12 heteroatoms.